The summed E-state index contributed by atoms with van der Waals surface area (Å²) in [5, 5.41) is 14.8. The third-order valence-electron chi connectivity index (χ3n) is 0. The van der Waals surface area contributed by atoms with E-state index in [4.69, 9.17) is 34.0 Å². The molecular weight excluding hydrogens is 210 g/mol. The Labute approximate surface area is 95.0 Å². The van der Waals surface area contributed by atoms with Crippen molar-refractivity contribution in [2.45, 2.75) is 0 Å². The summed E-state index contributed by atoms with van der Waals surface area (Å²) in [6.45, 7) is 0. The fourth-order valence-electron chi connectivity index (χ4n) is 0. The van der Waals surface area contributed by atoms with Crippen LogP contribution in [0, 0.1) is 25.6 Å². The van der Waals surface area contributed by atoms with Gasteiger partial charge in [-0.15, -0.1) is 10.2 Å². The zero-order valence-corrected chi connectivity index (χ0v) is 8.68. The molecule has 0 rings (SSSR count). The Morgan fingerprint density at radius 1 is 0.909 bits per heavy atom. The predicted octanol–water partition coefficient (Wildman–Crippen LogP) is -5.76. The Morgan fingerprint density at radius 2 is 0.909 bits per heavy atom. The van der Waals surface area contributed by atoms with Crippen molar-refractivity contribution in [1.29, 1.82) is 0 Å². The van der Waals surface area contributed by atoms with Gasteiger partial charge in [-0.3, -0.25) is 0 Å². The van der Waals surface area contributed by atoms with Crippen molar-refractivity contribution in [3.05, 3.63) is 15.3 Å². The summed E-state index contributed by atoms with van der Waals surface area (Å²) in [6.07, 6.45) is 0. The zero-order valence-electron chi connectivity index (χ0n) is 5.10. The normalized spacial score (nSPS) is 7.64. The number of hydrogen-bond donors (Lipinski definition) is 0. The molecule has 0 fully saturated rings. The van der Waals surface area contributed by atoms with Crippen LogP contribution in [-0.2, 0) is 0 Å². The Morgan fingerprint density at radius 3 is 0.909 bits per heavy atom. The molecule has 0 aliphatic heterocycles. The number of nitrogens with zero attached hydrogens (tertiary/aromatic N) is 1. The van der Waals surface area contributed by atoms with Crippen LogP contribution in [0.3, 0.4) is 0 Å². The summed E-state index contributed by atoms with van der Waals surface area (Å²) in [4.78, 5) is 8.25. The first-order valence-electron chi connectivity index (χ1n) is 1.16. The van der Waals surface area contributed by atoms with E-state index >= 15 is 0 Å². The first-order valence-corrected chi connectivity index (χ1v) is 2.40. The number of rotatable bonds is 0. The van der Waals surface area contributed by atoms with Crippen LogP contribution in [0.15, 0.2) is 0 Å². The third-order valence-corrected chi connectivity index (χ3v) is 0. The second-order valence-electron chi connectivity index (χ2n) is 0.602. The minimum absolute atomic E-state index is 0. The molecule has 0 aromatic heterocycles. The molecular formula is ClMg2NO7+2. The van der Waals surface area contributed by atoms with E-state index in [1.165, 1.54) is 0 Å². The van der Waals surface area contributed by atoms with Crippen LogP contribution >= 0.6 is 0 Å². The molecule has 0 bridgehead atoms. The molecule has 0 N–H and O–H groups in total. The largest absolute Gasteiger partial charge is 2.00 e. The molecule has 0 aromatic carbocycles. The van der Waals surface area contributed by atoms with Crippen molar-refractivity contribution in [3.8, 4) is 0 Å². The van der Waals surface area contributed by atoms with Crippen LogP contribution in [0.1, 0.15) is 0 Å². The smallest absolute Gasteiger partial charge is 0.356 e. The van der Waals surface area contributed by atoms with E-state index in [1.807, 2.05) is 0 Å². The van der Waals surface area contributed by atoms with Crippen LogP contribution in [0.25, 0.3) is 0 Å². The fraction of sp³-hybridized carbons (Fsp3) is 0. The molecule has 0 spiro atoms. The monoisotopic (exact) mass is 209 g/mol. The van der Waals surface area contributed by atoms with Gasteiger partial charge in [-0.1, -0.05) is 0 Å². The van der Waals surface area contributed by atoms with Gasteiger partial charge in [0.1, 0.15) is 0 Å². The van der Waals surface area contributed by atoms with Crippen LogP contribution < -0.4 is 18.6 Å². The van der Waals surface area contributed by atoms with Crippen molar-refractivity contribution in [2.24, 2.45) is 0 Å². The van der Waals surface area contributed by atoms with E-state index in [0.717, 1.165) is 0 Å². The maximum absolute atomic E-state index is 8.49. The van der Waals surface area contributed by atoms with Crippen LogP contribution in [-0.4, -0.2) is 51.2 Å². The van der Waals surface area contributed by atoms with E-state index in [1.54, 1.807) is 0 Å². The van der Waals surface area contributed by atoms with Crippen LogP contribution in [0.2, 0.25) is 0 Å². The van der Waals surface area contributed by atoms with E-state index in [9.17, 15) is 0 Å². The SMILES string of the molecule is O=[N+]([O-])[O-].[Mg+2].[Mg+2].[O-][Cl+3]([O-])([O-])[O-]. The van der Waals surface area contributed by atoms with Gasteiger partial charge in [-0.05, 0) is 0 Å². The van der Waals surface area contributed by atoms with Gasteiger partial charge in [0.25, 0.3) is 0 Å². The second-order valence-corrected chi connectivity index (χ2v) is 1.36. The summed E-state index contributed by atoms with van der Waals surface area (Å²) < 4.78 is 34.0. The molecule has 8 nitrogen and oxygen atoms in total. The molecule has 11 heavy (non-hydrogen) atoms. The Balaban J connectivity index is -0.0000000383. The average Bonchev–Trinajstić information content (AvgIpc) is 1.19. The molecule has 11 heteroatoms. The minimum Gasteiger partial charge on any atom is -0.356 e. The number of hydrogen-bond acceptors (Lipinski definition) is 7. The van der Waals surface area contributed by atoms with Gasteiger partial charge >= 0.3 is 46.1 Å². The quantitative estimate of drug-likeness (QED) is 0.218. The van der Waals surface area contributed by atoms with Crippen molar-refractivity contribution < 1.29 is 34.0 Å². The Bertz CT molecular complexity index is 78.9. The molecule has 0 aliphatic carbocycles. The molecule has 0 atom stereocenters. The summed E-state index contributed by atoms with van der Waals surface area (Å²) >= 11 is 0. The van der Waals surface area contributed by atoms with Crippen LogP contribution in [0.5, 0.6) is 0 Å². The van der Waals surface area contributed by atoms with E-state index in [2.05, 4.69) is 0 Å². The average molecular weight is 210 g/mol. The molecule has 56 valence electrons. The van der Waals surface area contributed by atoms with Crippen molar-refractivity contribution in [3.63, 3.8) is 0 Å². The maximum atomic E-state index is 8.49. The first-order chi connectivity index (χ1) is 3.73. The number of halogens is 1. The van der Waals surface area contributed by atoms with Gasteiger partial charge in [-0.25, -0.2) is 18.6 Å². The molecule has 0 radical (unpaired) electrons. The summed E-state index contributed by atoms with van der Waals surface area (Å²) in [7, 11) is -4.94. The van der Waals surface area contributed by atoms with E-state index in [-0.39, 0.29) is 46.1 Å². The van der Waals surface area contributed by atoms with Gasteiger partial charge in [0.15, 0.2) is 0 Å². The maximum Gasteiger partial charge on any atom is 2.00 e. The summed E-state index contributed by atoms with van der Waals surface area (Å²) in [5.41, 5.74) is 0. The van der Waals surface area contributed by atoms with Crippen molar-refractivity contribution in [1.82, 2.24) is 0 Å². The van der Waals surface area contributed by atoms with E-state index < -0.39 is 15.3 Å². The third kappa shape index (κ3) is 1150. The molecule has 0 heterocycles. The van der Waals surface area contributed by atoms with Gasteiger partial charge < -0.3 is 15.3 Å². The minimum atomic E-state index is -4.94. The molecule has 0 amide bonds. The molecule has 0 saturated heterocycles. The summed E-state index contributed by atoms with van der Waals surface area (Å²) in [5.74, 6) is 0. The fourth-order valence-corrected chi connectivity index (χ4v) is 0. The molecule has 0 aromatic rings. The first kappa shape index (κ1) is 22.6. The standard InChI is InChI=1S/ClHO4.2Mg.NO3/c2-1(3,4)5;;;2-1(3)4/h(H,2,3,4,5);;;/q;2*+2;-1/p-1. The topological polar surface area (TPSA) is 158 Å². The summed E-state index contributed by atoms with van der Waals surface area (Å²) in [6, 6.07) is 0. The molecule has 0 aliphatic rings. The van der Waals surface area contributed by atoms with E-state index in [0.29, 0.717) is 0 Å². The van der Waals surface area contributed by atoms with Gasteiger partial charge in [0, 0.05) is 0 Å². The molecule has 0 saturated carbocycles. The van der Waals surface area contributed by atoms with Gasteiger partial charge in [0.05, 0.1) is 5.09 Å². The van der Waals surface area contributed by atoms with Crippen molar-refractivity contribution >= 4 is 46.1 Å². The Hall–Kier alpha value is 0.862. The Kier molecular flexibility index (Phi) is 22.4. The van der Waals surface area contributed by atoms with Gasteiger partial charge in [0.2, 0.25) is 0 Å². The molecule has 0 unspecified atom stereocenters. The predicted molar refractivity (Wildman–Crippen MR) is 21.9 cm³/mol. The van der Waals surface area contributed by atoms with Crippen LogP contribution in [0.4, 0.5) is 0 Å². The second kappa shape index (κ2) is 10.9. The zero-order chi connectivity index (χ0) is 8.08. The van der Waals surface area contributed by atoms with Gasteiger partial charge in [-0.2, -0.15) is 0 Å². The van der Waals surface area contributed by atoms with Crippen molar-refractivity contribution in [2.75, 3.05) is 0 Å².